The maximum atomic E-state index is 13.3. The van der Waals surface area contributed by atoms with Crippen LogP contribution >= 0.6 is 0 Å². The van der Waals surface area contributed by atoms with Crippen LogP contribution in [0, 0.1) is 0 Å². The number of nitrogens with one attached hydrogen (secondary N) is 1. The van der Waals surface area contributed by atoms with Crippen LogP contribution in [-0.2, 0) is 23.9 Å². The van der Waals surface area contributed by atoms with Crippen molar-refractivity contribution in [1.82, 2.24) is 19.9 Å². The Bertz CT molecular complexity index is 1410. The van der Waals surface area contributed by atoms with E-state index in [2.05, 4.69) is 20.3 Å². The fourth-order valence-corrected chi connectivity index (χ4v) is 3.93. The van der Waals surface area contributed by atoms with Crippen molar-refractivity contribution in [2.24, 2.45) is 5.73 Å². The van der Waals surface area contributed by atoms with Crippen LogP contribution in [0.15, 0.2) is 49.1 Å². The number of nitrogens with zero attached hydrogens (tertiary/aromatic N) is 5. The van der Waals surface area contributed by atoms with E-state index in [1.165, 1.54) is 23.4 Å². The van der Waals surface area contributed by atoms with E-state index in [0.29, 0.717) is 17.1 Å². The molecule has 10 nitrogen and oxygen atoms in total. The second-order valence-corrected chi connectivity index (χ2v) is 9.20. The van der Waals surface area contributed by atoms with Crippen molar-refractivity contribution >= 4 is 29.2 Å². The number of hydrogen-bond donors (Lipinski definition) is 2. The van der Waals surface area contributed by atoms with Gasteiger partial charge in [0.1, 0.15) is 5.54 Å². The van der Waals surface area contributed by atoms with Gasteiger partial charge in [-0.15, -0.1) is 0 Å². The highest BCUT2D eigenvalue weighted by atomic mass is 19.4. The average molecular weight is 528 g/mol. The van der Waals surface area contributed by atoms with Crippen LogP contribution < -0.4 is 16.0 Å². The number of imide groups is 1. The molecule has 1 aliphatic rings. The maximum absolute atomic E-state index is 13.3. The van der Waals surface area contributed by atoms with Gasteiger partial charge in [0.05, 0.1) is 28.7 Å². The van der Waals surface area contributed by atoms with E-state index < -0.39 is 29.2 Å². The molecule has 0 bridgehead atoms. The highest BCUT2D eigenvalue weighted by Gasteiger charge is 2.50. The molecule has 0 atom stereocenters. The van der Waals surface area contributed by atoms with E-state index in [1.807, 2.05) is 0 Å². The summed E-state index contributed by atoms with van der Waals surface area (Å²) in [7, 11) is 1.55. The molecular formula is C25H24F3N7O3. The lowest BCUT2D eigenvalue weighted by atomic mass is 10.1. The third-order valence-corrected chi connectivity index (χ3v) is 6.38. The molecule has 3 aromatic rings. The van der Waals surface area contributed by atoms with Gasteiger partial charge in [0, 0.05) is 55.6 Å². The molecule has 0 unspecified atom stereocenters. The van der Waals surface area contributed by atoms with E-state index in [4.69, 9.17) is 5.73 Å². The van der Waals surface area contributed by atoms with E-state index >= 15 is 0 Å². The van der Waals surface area contributed by atoms with Crippen molar-refractivity contribution in [2.45, 2.75) is 38.5 Å². The molecule has 13 heteroatoms. The normalized spacial score (nSPS) is 15.2. The number of pyridine rings is 3. The molecule has 4 rings (SSSR count). The minimum Gasteiger partial charge on any atom is -0.380 e. The van der Waals surface area contributed by atoms with Crippen LogP contribution in [0.1, 0.15) is 46.7 Å². The Kier molecular flexibility index (Phi) is 6.78. The SMILES string of the molecule is CN1C(=O)N(c2ccc(Cc3cc(NCc4cnccc4C(F)(F)F)c(C(N)=O)cn3)nc2)C(=O)C1(C)C. The lowest BCUT2D eigenvalue weighted by molar-refractivity contribution is -0.138. The second-order valence-electron chi connectivity index (χ2n) is 9.20. The zero-order valence-electron chi connectivity index (χ0n) is 20.7. The third kappa shape index (κ3) is 4.99. The van der Waals surface area contributed by atoms with Gasteiger partial charge >= 0.3 is 12.2 Å². The Labute approximate surface area is 215 Å². The van der Waals surface area contributed by atoms with Crippen LogP contribution in [0.25, 0.3) is 0 Å². The van der Waals surface area contributed by atoms with E-state index in [1.54, 1.807) is 33.0 Å². The molecule has 3 aromatic heterocycles. The van der Waals surface area contributed by atoms with Crippen LogP contribution in [0.4, 0.5) is 29.3 Å². The number of halogens is 3. The highest BCUT2D eigenvalue weighted by molar-refractivity contribution is 6.22. The summed E-state index contributed by atoms with van der Waals surface area (Å²) < 4.78 is 40.0. The van der Waals surface area contributed by atoms with Gasteiger partial charge in [0.15, 0.2) is 0 Å². The Morgan fingerprint density at radius 2 is 1.79 bits per heavy atom. The number of amides is 4. The van der Waals surface area contributed by atoms with Crippen molar-refractivity contribution in [3.8, 4) is 0 Å². The fourth-order valence-electron chi connectivity index (χ4n) is 3.93. The summed E-state index contributed by atoms with van der Waals surface area (Å²) in [5.74, 6) is -1.18. The number of carbonyl (C=O) groups is 3. The predicted octanol–water partition coefficient (Wildman–Crippen LogP) is 3.37. The molecule has 0 saturated carbocycles. The van der Waals surface area contributed by atoms with Crippen molar-refractivity contribution < 1.29 is 27.6 Å². The number of alkyl halides is 3. The zero-order chi connectivity index (χ0) is 27.8. The largest absolute Gasteiger partial charge is 0.416 e. The summed E-state index contributed by atoms with van der Waals surface area (Å²) in [5, 5.41) is 2.83. The molecule has 0 spiro atoms. The fraction of sp³-hybridized carbons (Fsp3) is 0.280. The van der Waals surface area contributed by atoms with Crippen LogP contribution in [0.2, 0.25) is 0 Å². The van der Waals surface area contributed by atoms with E-state index in [9.17, 15) is 27.6 Å². The molecule has 0 radical (unpaired) electrons. The Balaban J connectivity index is 1.54. The van der Waals surface area contributed by atoms with Crippen LogP contribution in [0.3, 0.4) is 0 Å². The molecule has 1 saturated heterocycles. The predicted molar refractivity (Wildman–Crippen MR) is 131 cm³/mol. The monoisotopic (exact) mass is 527 g/mol. The second kappa shape index (κ2) is 9.72. The zero-order valence-corrected chi connectivity index (χ0v) is 20.7. The number of carbonyl (C=O) groups excluding carboxylic acids is 3. The third-order valence-electron chi connectivity index (χ3n) is 6.38. The van der Waals surface area contributed by atoms with E-state index in [-0.39, 0.29) is 35.7 Å². The number of hydrogen-bond acceptors (Lipinski definition) is 7. The molecule has 1 fully saturated rings. The number of likely N-dealkylation sites (N-methyl/N-ethyl adjacent to an activating group) is 1. The van der Waals surface area contributed by atoms with Gasteiger partial charge < -0.3 is 16.0 Å². The van der Waals surface area contributed by atoms with Gasteiger partial charge in [-0.25, -0.2) is 9.69 Å². The molecular weight excluding hydrogens is 503 g/mol. The summed E-state index contributed by atoms with van der Waals surface area (Å²) in [6.07, 6.45) is 0.423. The smallest absolute Gasteiger partial charge is 0.380 e. The number of primary amides is 1. The lowest BCUT2D eigenvalue weighted by Crippen LogP contribution is -2.41. The van der Waals surface area contributed by atoms with E-state index in [0.717, 1.165) is 23.4 Å². The maximum Gasteiger partial charge on any atom is 0.416 e. The molecule has 4 amide bonds. The summed E-state index contributed by atoms with van der Waals surface area (Å²) in [5.41, 5.74) is 5.01. The first-order valence-corrected chi connectivity index (χ1v) is 11.4. The number of nitrogens with two attached hydrogens (primary N) is 1. The molecule has 198 valence electrons. The molecule has 3 N–H and O–H groups in total. The Morgan fingerprint density at radius 3 is 2.37 bits per heavy atom. The Hall–Kier alpha value is -4.55. The van der Waals surface area contributed by atoms with Gasteiger partial charge in [0.25, 0.3) is 11.8 Å². The topological polar surface area (TPSA) is 134 Å². The average Bonchev–Trinajstić information content (AvgIpc) is 3.01. The molecule has 4 heterocycles. The quantitative estimate of drug-likeness (QED) is 0.450. The van der Waals surface area contributed by atoms with Gasteiger partial charge in [-0.1, -0.05) is 0 Å². The summed E-state index contributed by atoms with van der Waals surface area (Å²) in [6, 6.07) is 5.14. The first-order valence-electron chi connectivity index (χ1n) is 11.4. The van der Waals surface area contributed by atoms with Gasteiger partial charge in [-0.3, -0.25) is 24.5 Å². The first kappa shape index (κ1) is 26.5. The van der Waals surface area contributed by atoms with Crippen LogP contribution in [0.5, 0.6) is 0 Å². The van der Waals surface area contributed by atoms with Crippen molar-refractivity contribution in [3.63, 3.8) is 0 Å². The van der Waals surface area contributed by atoms with Crippen molar-refractivity contribution in [1.29, 1.82) is 0 Å². The number of anilines is 2. The van der Waals surface area contributed by atoms with Crippen LogP contribution in [-0.4, -0.2) is 50.3 Å². The first-order chi connectivity index (χ1) is 17.8. The van der Waals surface area contributed by atoms with Gasteiger partial charge in [-0.05, 0) is 38.1 Å². The molecule has 0 aromatic carbocycles. The molecule has 0 aliphatic carbocycles. The summed E-state index contributed by atoms with van der Waals surface area (Å²) in [4.78, 5) is 51.9. The number of aromatic nitrogens is 3. The number of rotatable bonds is 7. The Morgan fingerprint density at radius 1 is 1.08 bits per heavy atom. The van der Waals surface area contributed by atoms with Gasteiger partial charge in [0.2, 0.25) is 0 Å². The summed E-state index contributed by atoms with van der Waals surface area (Å²) >= 11 is 0. The van der Waals surface area contributed by atoms with Crippen molar-refractivity contribution in [2.75, 3.05) is 17.3 Å². The minimum atomic E-state index is -4.57. The molecule has 38 heavy (non-hydrogen) atoms. The van der Waals surface area contributed by atoms with Crippen molar-refractivity contribution in [3.05, 3.63) is 77.1 Å². The minimum absolute atomic E-state index is 0.00676. The standard InChI is InChI=1S/C25H24F3N7O3/c1-24(2)22(37)35(23(38)34(24)3)17-5-4-15(31-12-17)8-16-9-20(18(13-32-16)21(29)36)33-11-14-10-30-7-6-19(14)25(26,27)28/h4-7,9-10,12-13H,8,11H2,1-3H3,(H2,29,36)(H,32,33). The lowest BCUT2D eigenvalue weighted by Gasteiger charge is -2.22. The number of urea groups is 1. The summed E-state index contributed by atoms with van der Waals surface area (Å²) in [6.45, 7) is 3.04. The molecule has 1 aliphatic heterocycles. The highest BCUT2D eigenvalue weighted by Crippen LogP contribution is 2.32. The van der Waals surface area contributed by atoms with Gasteiger partial charge in [-0.2, -0.15) is 13.2 Å².